The number of rotatable bonds is 5. The number of ether oxygens (including phenoxy) is 2. The number of aromatic nitrogens is 3. The summed E-state index contributed by atoms with van der Waals surface area (Å²) >= 11 is 0. The normalized spacial score (nSPS) is 14.0. The molecule has 1 aromatic carbocycles. The Bertz CT molecular complexity index is 1030. The number of nitrogens with zero attached hydrogens (tertiary/aromatic N) is 4. The van der Waals surface area contributed by atoms with Crippen molar-refractivity contribution in [3.8, 4) is 0 Å². The molecule has 9 heteroatoms. The first-order chi connectivity index (χ1) is 14.1. The minimum atomic E-state index is -0.631. The molecular formula is C20H21N5O4. The average molecular weight is 395 g/mol. The predicted octanol–water partition coefficient (Wildman–Crippen LogP) is 1.67. The summed E-state index contributed by atoms with van der Waals surface area (Å²) in [6, 6.07) is 9.25. The maximum absolute atomic E-state index is 12.4. The van der Waals surface area contributed by atoms with Crippen LogP contribution in [0.2, 0.25) is 0 Å². The van der Waals surface area contributed by atoms with E-state index in [1.54, 1.807) is 25.4 Å². The molecule has 1 saturated heterocycles. The van der Waals surface area contributed by atoms with Gasteiger partial charge in [-0.1, -0.05) is 0 Å². The highest BCUT2D eigenvalue weighted by Gasteiger charge is 2.20. The minimum absolute atomic E-state index is 0.258. The third-order valence-electron chi connectivity index (χ3n) is 4.64. The highest BCUT2D eigenvalue weighted by atomic mass is 16.5. The summed E-state index contributed by atoms with van der Waals surface area (Å²) in [5.41, 5.74) is 2.86. The number of anilines is 2. The van der Waals surface area contributed by atoms with Crippen LogP contribution in [-0.4, -0.2) is 59.4 Å². The highest BCUT2D eigenvalue weighted by molar-refractivity contribution is 5.99. The third kappa shape index (κ3) is 4.19. The number of esters is 1. The molecule has 9 nitrogen and oxygen atoms in total. The Kier molecular flexibility index (Phi) is 5.39. The molecule has 0 aliphatic carbocycles. The summed E-state index contributed by atoms with van der Waals surface area (Å²) < 4.78 is 12.0. The van der Waals surface area contributed by atoms with Gasteiger partial charge in [-0.3, -0.25) is 4.79 Å². The Morgan fingerprint density at radius 1 is 1.21 bits per heavy atom. The number of morpholine rings is 1. The largest absolute Gasteiger partial charge is 0.452 e. The quantitative estimate of drug-likeness (QED) is 0.656. The van der Waals surface area contributed by atoms with Gasteiger partial charge in [0, 0.05) is 36.9 Å². The molecule has 29 heavy (non-hydrogen) atoms. The monoisotopic (exact) mass is 395 g/mol. The number of fused-ring (bicyclic) bond motifs is 1. The summed E-state index contributed by atoms with van der Waals surface area (Å²) in [7, 11) is 0. The zero-order chi connectivity index (χ0) is 20.2. The molecule has 3 heterocycles. The highest BCUT2D eigenvalue weighted by Crippen LogP contribution is 2.19. The molecule has 150 valence electrons. The van der Waals surface area contributed by atoms with Crippen LogP contribution in [0.25, 0.3) is 5.65 Å². The van der Waals surface area contributed by atoms with Crippen LogP contribution in [0, 0.1) is 6.92 Å². The zero-order valence-electron chi connectivity index (χ0n) is 16.0. The van der Waals surface area contributed by atoms with Gasteiger partial charge in [-0.2, -0.15) is 5.10 Å². The smallest absolute Gasteiger partial charge is 0.344 e. The molecule has 4 rings (SSSR count). The second kappa shape index (κ2) is 8.27. The van der Waals surface area contributed by atoms with Crippen molar-refractivity contribution in [3.05, 3.63) is 54.0 Å². The summed E-state index contributed by atoms with van der Waals surface area (Å²) in [4.78, 5) is 31.0. The molecule has 1 aliphatic rings. The first kappa shape index (κ1) is 18.9. The van der Waals surface area contributed by atoms with Crippen molar-refractivity contribution in [2.45, 2.75) is 6.92 Å². The Labute approximate surface area is 167 Å². The molecular weight excluding hydrogens is 374 g/mol. The van der Waals surface area contributed by atoms with E-state index in [4.69, 9.17) is 9.47 Å². The maximum atomic E-state index is 12.4. The molecule has 2 aromatic heterocycles. The van der Waals surface area contributed by atoms with Crippen molar-refractivity contribution < 1.29 is 19.1 Å². The molecule has 1 aliphatic heterocycles. The average Bonchev–Trinajstić information content (AvgIpc) is 3.09. The molecule has 0 unspecified atom stereocenters. The number of hydrogen-bond acceptors (Lipinski definition) is 7. The first-order valence-electron chi connectivity index (χ1n) is 9.31. The SMILES string of the molecule is Cc1nn2cccnc2c1C(=O)OCC(=O)Nc1ccc(N2CCOCC2)cc1. The van der Waals surface area contributed by atoms with Crippen molar-refractivity contribution >= 4 is 28.9 Å². The topological polar surface area (TPSA) is 98.1 Å². The lowest BCUT2D eigenvalue weighted by molar-refractivity contribution is -0.119. The van der Waals surface area contributed by atoms with Crippen LogP contribution in [0.3, 0.4) is 0 Å². The van der Waals surface area contributed by atoms with Crippen molar-refractivity contribution in [1.82, 2.24) is 14.6 Å². The summed E-state index contributed by atoms with van der Waals surface area (Å²) in [6.07, 6.45) is 3.26. The number of benzene rings is 1. The van der Waals surface area contributed by atoms with Crippen molar-refractivity contribution in [3.63, 3.8) is 0 Å². The number of hydrogen-bond donors (Lipinski definition) is 1. The van der Waals surface area contributed by atoms with E-state index in [0.29, 0.717) is 30.2 Å². The standard InChI is InChI=1S/C20H21N5O4/c1-14-18(19-21-7-2-8-25(19)23-14)20(27)29-13-17(26)22-15-3-5-16(6-4-15)24-9-11-28-12-10-24/h2-8H,9-13H2,1H3,(H,22,26). The Hall–Kier alpha value is -3.46. The lowest BCUT2D eigenvalue weighted by atomic mass is 10.2. The van der Waals surface area contributed by atoms with E-state index >= 15 is 0 Å². The number of aryl methyl sites for hydroxylation is 1. The molecule has 0 radical (unpaired) electrons. The molecule has 0 saturated carbocycles. The Morgan fingerprint density at radius 3 is 2.72 bits per heavy atom. The van der Waals surface area contributed by atoms with Gasteiger partial charge in [-0.05, 0) is 37.3 Å². The molecule has 0 bridgehead atoms. The maximum Gasteiger partial charge on any atom is 0.344 e. The third-order valence-corrected chi connectivity index (χ3v) is 4.64. The van der Waals surface area contributed by atoms with Gasteiger partial charge in [0.15, 0.2) is 12.3 Å². The second-order valence-electron chi connectivity index (χ2n) is 6.62. The van der Waals surface area contributed by atoms with E-state index < -0.39 is 18.5 Å². The van der Waals surface area contributed by atoms with E-state index in [9.17, 15) is 9.59 Å². The lowest BCUT2D eigenvalue weighted by Crippen LogP contribution is -2.36. The molecule has 1 N–H and O–H groups in total. The van der Waals surface area contributed by atoms with Crippen molar-refractivity contribution in [2.24, 2.45) is 0 Å². The number of nitrogens with one attached hydrogen (secondary N) is 1. The van der Waals surface area contributed by atoms with E-state index in [-0.39, 0.29) is 5.56 Å². The fraction of sp³-hybridized carbons (Fsp3) is 0.300. The van der Waals surface area contributed by atoms with Crippen LogP contribution in [-0.2, 0) is 14.3 Å². The molecule has 0 atom stereocenters. The summed E-state index contributed by atoms with van der Waals surface area (Å²) in [6.45, 7) is 4.42. The second-order valence-corrected chi connectivity index (χ2v) is 6.62. The van der Waals surface area contributed by atoms with E-state index in [0.717, 1.165) is 18.8 Å². The molecule has 3 aromatic rings. The number of carbonyl (C=O) groups excluding carboxylic acids is 2. The van der Waals surface area contributed by atoms with Crippen LogP contribution in [0.1, 0.15) is 16.1 Å². The van der Waals surface area contributed by atoms with Crippen LogP contribution in [0.4, 0.5) is 11.4 Å². The lowest BCUT2D eigenvalue weighted by Gasteiger charge is -2.28. The number of carbonyl (C=O) groups is 2. The molecule has 0 spiro atoms. The van der Waals surface area contributed by atoms with Gasteiger partial charge < -0.3 is 19.7 Å². The zero-order valence-corrected chi connectivity index (χ0v) is 16.0. The van der Waals surface area contributed by atoms with E-state index in [2.05, 4.69) is 20.3 Å². The van der Waals surface area contributed by atoms with Gasteiger partial charge in [0.1, 0.15) is 5.56 Å². The van der Waals surface area contributed by atoms with Crippen LogP contribution >= 0.6 is 0 Å². The van der Waals surface area contributed by atoms with Crippen molar-refractivity contribution in [1.29, 1.82) is 0 Å². The van der Waals surface area contributed by atoms with Crippen LogP contribution < -0.4 is 10.2 Å². The minimum Gasteiger partial charge on any atom is -0.452 e. The fourth-order valence-electron chi connectivity index (χ4n) is 3.21. The first-order valence-corrected chi connectivity index (χ1v) is 9.31. The summed E-state index contributed by atoms with van der Waals surface area (Å²) in [5, 5.41) is 6.95. The van der Waals surface area contributed by atoms with Gasteiger partial charge in [0.2, 0.25) is 0 Å². The van der Waals surface area contributed by atoms with Gasteiger partial charge in [0.05, 0.1) is 18.9 Å². The van der Waals surface area contributed by atoms with Crippen LogP contribution in [0.5, 0.6) is 0 Å². The predicted molar refractivity (Wildman–Crippen MR) is 106 cm³/mol. The van der Waals surface area contributed by atoms with Gasteiger partial charge in [0.25, 0.3) is 5.91 Å². The van der Waals surface area contributed by atoms with E-state index in [1.807, 2.05) is 24.3 Å². The van der Waals surface area contributed by atoms with Gasteiger partial charge >= 0.3 is 5.97 Å². The van der Waals surface area contributed by atoms with Gasteiger partial charge in [-0.15, -0.1) is 0 Å². The molecule has 1 amide bonds. The van der Waals surface area contributed by atoms with E-state index in [1.165, 1.54) is 4.52 Å². The number of amides is 1. The van der Waals surface area contributed by atoms with Crippen molar-refractivity contribution in [2.75, 3.05) is 43.1 Å². The van der Waals surface area contributed by atoms with Gasteiger partial charge in [-0.25, -0.2) is 14.3 Å². The fourth-order valence-corrected chi connectivity index (χ4v) is 3.21. The Balaban J connectivity index is 1.34. The molecule has 1 fully saturated rings. The Morgan fingerprint density at radius 2 is 1.97 bits per heavy atom. The summed E-state index contributed by atoms with van der Waals surface area (Å²) in [5.74, 6) is -1.05. The van der Waals surface area contributed by atoms with Crippen LogP contribution in [0.15, 0.2) is 42.7 Å².